The van der Waals surface area contributed by atoms with Crippen LogP contribution in [0.3, 0.4) is 0 Å². The van der Waals surface area contributed by atoms with Gasteiger partial charge in [-0.05, 0) is 39.5 Å². The SMILES string of the molecule is C=C/C(C)=C/C[C@@H]1O[C@H](C)[C@H](NC(=O)/C=C\[C@H](C)O)C[C@@H]1C. The van der Waals surface area contributed by atoms with E-state index in [1.165, 1.54) is 12.2 Å². The maximum absolute atomic E-state index is 11.8. The number of amides is 1. The van der Waals surface area contributed by atoms with Crippen molar-refractivity contribution in [3.63, 3.8) is 0 Å². The van der Waals surface area contributed by atoms with Gasteiger partial charge in [0.25, 0.3) is 0 Å². The van der Waals surface area contributed by atoms with Crippen molar-refractivity contribution in [2.45, 2.75) is 64.9 Å². The van der Waals surface area contributed by atoms with Crippen molar-refractivity contribution in [1.82, 2.24) is 5.32 Å². The van der Waals surface area contributed by atoms with E-state index in [0.717, 1.165) is 18.4 Å². The van der Waals surface area contributed by atoms with E-state index in [1.807, 2.05) is 19.9 Å². The molecule has 0 unspecified atom stereocenters. The van der Waals surface area contributed by atoms with Crippen molar-refractivity contribution in [3.05, 3.63) is 36.5 Å². The summed E-state index contributed by atoms with van der Waals surface area (Å²) in [6.07, 6.45) is 8.12. The maximum atomic E-state index is 11.8. The number of allylic oxidation sites excluding steroid dienone is 2. The third-order valence-corrected chi connectivity index (χ3v) is 4.06. The van der Waals surface area contributed by atoms with Crippen LogP contribution in [0.1, 0.15) is 40.5 Å². The fraction of sp³-hybridized carbons (Fsp3) is 0.611. The van der Waals surface area contributed by atoms with Gasteiger partial charge in [-0.25, -0.2) is 0 Å². The van der Waals surface area contributed by atoms with E-state index in [4.69, 9.17) is 9.84 Å². The van der Waals surface area contributed by atoms with E-state index in [2.05, 4.69) is 24.9 Å². The smallest absolute Gasteiger partial charge is 0.244 e. The second-order valence-corrected chi connectivity index (χ2v) is 6.20. The molecule has 2 N–H and O–H groups in total. The minimum absolute atomic E-state index is 0.00174. The Kier molecular flexibility index (Phi) is 7.56. The van der Waals surface area contributed by atoms with Crippen LogP contribution < -0.4 is 5.32 Å². The second-order valence-electron chi connectivity index (χ2n) is 6.20. The number of hydrogen-bond donors (Lipinski definition) is 2. The van der Waals surface area contributed by atoms with Gasteiger partial charge >= 0.3 is 0 Å². The summed E-state index contributed by atoms with van der Waals surface area (Å²) in [5.41, 5.74) is 1.15. The van der Waals surface area contributed by atoms with Gasteiger partial charge < -0.3 is 15.2 Å². The fourth-order valence-corrected chi connectivity index (χ4v) is 2.56. The summed E-state index contributed by atoms with van der Waals surface area (Å²) in [5.74, 6) is 0.186. The van der Waals surface area contributed by atoms with Gasteiger partial charge in [-0.3, -0.25) is 4.79 Å². The van der Waals surface area contributed by atoms with Gasteiger partial charge in [0.1, 0.15) is 0 Å². The largest absolute Gasteiger partial charge is 0.389 e. The van der Waals surface area contributed by atoms with E-state index in [9.17, 15) is 4.79 Å². The molecule has 0 aromatic rings. The van der Waals surface area contributed by atoms with Crippen molar-refractivity contribution in [3.8, 4) is 0 Å². The van der Waals surface area contributed by atoms with E-state index >= 15 is 0 Å². The molecule has 1 fully saturated rings. The van der Waals surface area contributed by atoms with Crippen molar-refractivity contribution >= 4 is 5.91 Å². The Hall–Kier alpha value is -1.39. The Bertz CT molecular complexity index is 440. The first-order valence-electron chi connectivity index (χ1n) is 7.95. The summed E-state index contributed by atoms with van der Waals surface area (Å²) >= 11 is 0. The average Bonchev–Trinajstić information content (AvgIpc) is 2.46. The Balaban J connectivity index is 2.55. The molecule has 0 spiro atoms. The number of ether oxygens (including phenoxy) is 1. The zero-order valence-corrected chi connectivity index (χ0v) is 14.1. The molecule has 1 aliphatic heterocycles. The number of nitrogens with one attached hydrogen (secondary N) is 1. The predicted molar refractivity (Wildman–Crippen MR) is 89.4 cm³/mol. The Morgan fingerprint density at radius 2 is 2.18 bits per heavy atom. The molecular weight excluding hydrogens is 278 g/mol. The topological polar surface area (TPSA) is 58.6 Å². The molecule has 1 saturated heterocycles. The molecule has 1 heterocycles. The molecule has 1 amide bonds. The molecule has 4 nitrogen and oxygen atoms in total. The molecule has 0 aromatic heterocycles. The first kappa shape index (κ1) is 18.7. The second kappa shape index (κ2) is 8.91. The summed E-state index contributed by atoms with van der Waals surface area (Å²) in [6.45, 7) is 11.5. The molecule has 0 bridgehead atoms. The van der Waals surface area contributed by atoms with Gasteiger partial charge in [0.15, 0.2) is 0 Å². The Labute approximate surface area is 133 Å². The molecule has 1 aliphatic rings. The standard InChI is InChI=1S/C18H29NO3/c1-6-12(2)7-9-17-13(3)11-16(15(5)22-17)19-18(21)10-8-14(4)20/h6-8,10,13-17,20H,1,9,11H2,2-5H3,(H,19,21)/b10-8-,12-7+/t13-,14-,15+,16+,17-/m0/s1. The van der Waals surface area contributed by atoms with Crippen LogP contribution in [0.2, 0.25) is 0 Å². The lowest BCUT2D eigenvalue weighted by atomic mass is 9.88. The number of aliphatic hydroxyl groups is 1. The molecule has 4 heteroatoms. The maximum Gasteiger partial charge on any atom is 0.244 e. The van der Waals surface area contributed by atoms with Gasteiger partial charge in [0.2, 0.25) is 5.91 Å². The van der Waals surface area contributed by atoms with Crippen LogP contribution in [0.4, 0.5) is 0 Å². The third-order valence-electron chi connectivity index (χ3n) is 4.06. The quantitative estimate of drug-likeness (QED) is 0.586. The molecule has 0 aliphatic carbocycles. The number of hydrogen-bond acceptors (Lipinski definition) is 3. The number of aliphatic hydroxyl groups excluding tert-OH is 1. The molecule has 0 aromatic carbocycles. The van der Waals surface area contributed by atoms with E-state index in [0.29, 0.717) is 5.92 Å². The summed E-state index contributed by atoms with van der Waals surface area (Å²) in [4.78, 5) is 11.8. The van der Waals surface area contributed by atoms with E-state index in [1.54, 1.807) is 6.92 Å². The average molecular weight is 307 g/mol. The van der Waals surface area contributed by atoms with Crippen molar-refractivity contribution in [1.29, 1.82) is 0 Å². The zero-order chi connectivity index (χ0) is 16.7. The van der Waals surface area contributed by atoms with Crippen molar-refractivity contribution in [2.75, 3.05) is 0 Å². The molecular formula is C18H29NO3. The van der Waals surface area contributed by atoms with Crippen LogP contribution in [0.15, 0.2) is 36.5 Å². The van der Waals surface area contributed by atoms with Crippen LogP contribution in [0.5, 0.6) is 0 Å². The van der Waals surface area contributed by atoms with Gasteiger partial charge in [-0.2, -0.15) is 0 Å². The van der Waals surface area contributed by atoms with E-state index in [-0.39, 0.29) is 24.2 Å². The molecule has 1 rings (SSSR count). The summed E-state index contributed by atoms with van der Waals surface area (Å²) in [7, 11) is 0. The summed E-state index contributed by atoms with van der Waals surface area (Å²) in [6, 6.07) is 0.00174. The molecule has 22 heavy (non-hydrogen) atoms. The van der Waals surface area contributed by atoms with Crippen molar-refractivity contribution < 1.29 is 14.6 Å². The van der Waals surface area contributed by atoms with Gasteiger partial charge in [0, 0.05) is 6.08 Å². The van der Waals surface area contributed by atoms with Crippen LogP contribution in [-0.2, 0) is 9.53 Å². The lowest BCUT2D eigenvalue weighted by Gasteiger charge is -2.39. The highest BCUT2D eigenvalue weighted by Gasteiger charge is 2.33. The lowest BCUT2D eigenvalue weighted by molar-refractivity contribution is -0.123. The third kappa shape index (κ3) is 6.16. The highest BCUT2D eigenvalue weighted by Crippen LogP contribution is 2.27. The summed E-state index contributed by atoms with van der Waals surface area (Å²) < 4.78 is 6.07. The van der Waals surface area contributed by atoms with Crippen molar-refractivity contribution in [2.24, 2.45) is 5.92 Å². The van der Waals surface area contributed by atoms with E-state index < -0.39 is 6.10 Å². The fourth-order valence-electron chi connectivity index (χ4n) is 2.56. The molecule has 0 radical (unpaired) electrons. The Morgan fingerprint density at radius 3 is 2.77 bits per heavy atom. The minimum atomic E-state index is -0.617. The predicted octanol–water partition coefficient (Wildman–Crippen LogP) is 2.74. The van der Waals surface area contributed by atoms with Crippen LogP contribution in [-0.4, -0.2) is 35.4 Å². The number of carbonyl (C=O) groups is 1. The lowest BCUT2D eigenvalue weighted by Crippen LogP contribution is -2.50. The van der Waals surface area contributed by atoms with Crippen LogP contribution >= 0.6 is 0 Å². The normalized spacial score (nSPS) is 31.0. The van der Waals surface area contributed by atoms with Crippen LogP contribution in [0.25, 0.3) is 0 Å². The van der Waals surface area contributed by atoms with Gasteiger partial charge in [0.05, 0.1) is 24.4 Å². The highest BCUT2D eigenvalue weighted by atomic mass is 16.5. The molecule has 124 valence electrons. The van der Waals surface area contributed by atoms with Gasteiger partial charge in [-0.1, -0.05) is 37.3 Å². The first-order chi connectivity index (χ1) is 10.3. The first-order valence-corrected chi connectivity index (χ1v) is 7.95. The Morgan fingerprint density at radius 1 is 1.50 bits per heavy atom. The van der Waals surface area contributed by atoms with Gasteiger partial charge in [-0.15, -0.1) is 0 Å². The number of rotatable bonds is 6. The summed E-state index contributed by atoms with van der Waals surface area (Å²) in [5, 5.41) is 12.1. The zero-order valence-electron chi connectivity index (χ0n) is 14.1. The molecule has 5 atom stereocenters. The number of carbonyl (C=O) groups excluding carboxylic acids is 1. The van der Waals surface area contributed by atoms with Crippen LogP contribution in [0, 0.1) is 5.92 Å². The monoisotopic (exact) mass is 307 g/mol. The highest BCUT2D eigenvalue weighted by molar-refractivity contribution is 5.87. The molecule has 0 saturated carbocycles. The minimum Gasteiger partial charge on any atom is -0.389 e.